The van der Waals surface area contributed by atoms with Crippen molar-refractivity contribution in [1.29, 1.82) is 0 Å². The summed E-state index contributed by atoms with van der Waals surface area (Å²) in [5, 5.41) is 8.44. The highest BCUT2D eigenvalue weighted by Crippen LogP contribution is 2.28. The fourth-order valence-corrected chi connectivity index (χ4v) is 3.11. The predicted octanol–water partition coefficient (Wildman–Crippen LogP) is 2.55. The first-order valence-corrected chi connectivity index (χ1v) is 9.39. The number of nitrogens with one attached hydrogen (secondary N) is 2. The fraction of sp³-hybridized carbons (Fsp3) is 0.333. The van der Waals surface area contributed by atoms with Crippen LogP contribution in [0.3, 0.4) is 0 Å². The number of aryl methyl sites for hydroxylation is 1. The number of urea groups is 1. The first-order chi connectivity index (χ1) is 12.1. The van der Waals surface area contributed by atoms with Crippen molar-refractivity contribution < 1.29 is 26.7 Å². The number of rotatable bonds is 6. The number of sulfone groups is 1. The number of hydrogen-bond donors (Lipinski definition) is 2. The maximum absolute atomic E-state index is 13.0. The van der Waals surface area contributed by atoms with Gasteiger partial charge in [-0.15, -0.1) is 0 Å². The average molecular weight is 388 g/mol. The molecule has 8 nitrogen and oxygen atoms in total. The van der Waals surface area contributed by atoms with E-state index in [2.05, 4.69) is 15.7 Å². The van der Waals surface area contributed by atoms with Crippen molar-refractivity contribution >= 4 is 27.2 Å². The normalized spacial score (nSPS) is 11.5. The summed E-state index contributed by atoms with van der Waals surface area (Å²) >= 11 is 0. The Morgan fingerprint density at radius 2 is 1.96 bits per heavy atom. The predicted molar refractivity (Wildman–Crippen MR) is 92.3 cm³/mol. The molecule has 2 amide bonds. The second-order valence-electron chi connectivity index (χ2n) is 5.55. The largest absolute Gasteiger partial charge is 0.495 e. The van der Waals surface area contributed by atoms with Gasteiger partial charge in [-0.2, -0.15) is 5.10 Å². The highest BCUT2D eigenvalue weighted by Gasteiger charge is 2.20. The highest BCUT2D eigenvalue weighted by atomic mass is 32.2. The van der Waals surface area contributed by atoms with Crippen LogP contribution < -0.4 is 15.4 Å². The van der Waals surface area contributed by atoms with Crippen LogP contribution in [0.15, 0.2) is 24.4 Å². The molecule has 0 saturated heterocycles. The summed E-state index contributed by atoms with van der Waals surface area (Å²) in [6.45, 7) is 0. The van der Waals surface area contributed by atoms with Crippen LogP contribution in [0.4, 0.5) is 25.0 Å². The third kappa shape index (κ3) is 4.91. The molecule has 0 bridgehead atoms. The molecule has 0 radical (unpaired) electrons. The van der Waals surface area contributed by atoms with Crippen LogP contribution in [0, 0.1) is 0 Å². The summed E-state index contributed by atoms with van der Waals surface area (Å²) in [7, 11) is -0.551. The SMILES string of the molecule is COc1ccc(CS(C)(=O)=O)cc1NC(=O)Nc1cnn(C)c1C(F)F. The Morgan fingerprint density at radius 1 is 1.31 bits per heavy atom. The molecule has 1 aromatic heterocycles. The number of methoxy groups -OCH3 is 1. The van der Waals surface area contributed by atoms with E-state index in [0.717, 1.165) is 17.1 Å². The van der Waals surface area contributed by atoms with Crippen molar-refractivity contribution in [3.8, 4) is 5.75 Å². The summed E-state index contributed by atoms with van der Waals surface area (Å²) in [6, 6.07) is 3.70. The zero-order chi connectivity index (χ0) is 19.5. The molecule has 0 spiro atoms. The molecule has 0 unspecified atom stereocenters. The van der Waals surface area contributed by atoms with Crippen molar-refractivity contribution in [3.05, 3.63) is 35.7 Å². The lowest BCUT2D eigenvalue weighted by atomic mass is 10.2. The lowest BCUT2D eigenvalue weighted by Gasteiger charge is -2.13. The molecular formula is C15H18F2N4O4S. The molecule has 0 saturated carbocycles. The second kappa shape index (κ2) is 7.68. The molecule has 11 heteroatoms. The van der Waals surface area contributed by atoms with Gasteiger partial charge in [0, 0.05) is 13.3 Å². The molecule has 2 rings (SSSR count). The zero-order valence-corrected chi connectivity index (χ0v) is 15.1. The van der Waals surface area contributed by atoms with Crippen LogP contribution in [-0.4, -0.2) is 37.6 Å². The van der Waals surface area contributed by atoms with Crippen LogP contribution in [0.25, 0.3) is 0 Å². The molecule has 142 valence electrons. The summed E-state index contributed by atoms with van der Waals surface area (Å²) in [6.07, 6.45) is -0.616. The Bertz CT molecular complexity index is 912. The second-order valence-corrected chi connectivity index (χ2v) is 7.69. The summed E-state index contributed by atoms with van der Waals surface area (Å²) < 4.78 is 55.0. The number of halogens is 2. The first kappa shape index (κ1) is 19.6. The van der Waals surface area contributed by atoms with Crippen LogP contribution in [0.2, 0.25) is 0 Å². The van der Waals surface area contributed by atoms with Crippen LogP contribution >= 0.6 is 0 Å². The standard InChI is InChI=1S/C15H18F2N4O4S/c1-21-13(14(16)17)11(7-18-21)20-15(22)19-10-6-9(8-26(3,23)24)4-5-12(10)25-2/h4-7,14H,8H2,1-3H3,(H2,19,20,22). The van der Waals surface area contributed by atoms with E-state index in [-0.39, 0.29) is 22.9 Å². The van der Waals surface area contributed by atoms with Gasteiger partial charge in [0.1, 0.15) is 11.4 Å². The van der Waals surface area contributed by atoms with E-state index < -0.39 is 28.0 Å². The highest BCUT2D eigenvalue weighted by molar-refractivity contribution is 7.89. The number of alkyl halides is 2. The number of carbonyl (C=O) groups excluding carboxylic acids is 1. The minimum atomic E-state index is -3.27. The van der Waals surface area contributed by atoms with E-state index in [1.807, 2.05) is 0 Å². The van der Waals surface area contributed by atoms with Crippen molar-refractivity contribution in [2.24, 2.45) is 7.05 Å². The number of amides is 2. The molecule has 0 aliphatic carbocycles. The van der Waals surface area contributed by atoms with E-state index in [1.54, 1.807) is 6.07 Å². The summed E-state index contributed by atoms with van der Waals surface area (Å²) in [4.78, 5) is 12.2. The molecule has 0 aliphatic rings. The average Bonchev–Trinajstić information content (AvgIpc) is 2.86. The molecule has 0 atom stereocenters. The smallest absolute Gasteiger partial charge is 0.323 e. The maximum atomic E-state index is 13.0. The Balaban J connectivity index is 2.21. The van der Waals surface area contributed by atoms with Crippen molar-refractivity contribution in [3.63, 3.8) is 0 Å². The molecule has 1 aromatic carbocycles. The zero-order valence-electron chi connectivity index (χ0n) is 14.3. The number of benzene rings is 1. The van der Waals surface area contributed by atoms with Gasteiger partial charge in [-0.25, -0.2) is 22.0 Å². The minimum Gasteiger partial charge on any atom is -0.495 e. The van der Waals surface area contributed by atoms with Gasteiger partial charge < -0.3 is 15.4 Å². The minimum absolute atomic E-state index is 0.133. The van der Waals surface area contributed by atoms with Gasteiger partial charge in [-0.3, -0.25) is 4.68 Å². The quantitative estimate of drug-likeness (QED) is 0.792. The molecule has 26 heavy (non-hydrogen) atoms. The van der Waals surface area contributed by atoms with Crippen LogP contribution in [0.5, 0.6) is 5.75 Å². The number of nitrogens with zero attached hydrogens (tertiary/aromatic N) is 2. The first-order valence-electron chi connectivity index (χ1n) is 7.33. The molecule has 1 heterocycles. The van der Waals surface area contributed by atoms with E-state index in [1.165, 1.54) is 26.3 Å². The Labute approximate surface area is 149 Å². The third-order valence-corrected chi connectivity index (χ3v) is 4.24. The van der Waals surface area contributed by atoms with Gasteiger partial charge in [0.15, 0.2) is 9.84 Å². The molecule has 0 aliphatic heterocycles. The van der Waals surface area contributed by atoms with Gasteiger partial charge >= 0.3 is 6.03 Å². The lowest BCUT2D eigenvalue weighted by Crippen LogP contribution is -2.21. The number of carbonyl (C=O) groups is 1. The number of hydrogen-bond acceptors (Lipinski definition) is 5. The van der Waals surface area contributed by atoms with Gasteiger partial charge in [0.05, 0.1) is 30.4 Å². The Hall–Kier alpha value is -2.69. The van der Waals surface area contributed by atoms with Crippen molar-refractivity contribution in [1.82, 2.24) is 9.78 Å². The summed E-state index contributed by atoms with van der Waals surface area (Å²) in [5.41, 5.74) is 0.0797. The van der Waals surface area contributed by atoms with E-state index in [4.69, 9.17) is 4.74 Å². The number of aromatic nitrogens is 2. The number of anilines is 2. The van der Waals surface area contributed by atoms with Gasteiger partial charge in [-0.05, 0) is 17.7 Å². The van der Waals surface area contributed by atoms with Crippen molar-refractivity contribution in [2.75, 3.05) is 24.0 Å². The number of ether oxygens (including phenoxy) is 1. The van der Waals surface area contributed by atoms with E-state index in [9.17, 15) is 22.0 Å². The van der Waals surface area contributed by atoms with Crippen LogP contribution in [0.1, 0.15) is 17.7 Å². The topological polar surface area (TPSA) is 102 Å². The molecule has 2 aromatic rings. The lowest BCUT2D eigenvalue weighted by molar-refractivity contribution is 0.141. The molecular weight excluding hydrogens is 370 g/mol. The van der Waals surface area contributed by atoms with Crippen LogP contribution in [-0.2, 0) is 22.6 Å². The molecule has 0 fully saturated rings. The Kier molecular flexibility index (Phi) is 5.80. The fourth-order valence-electron chi connectivity index (χ4n) is 2.32. The summed E-state index contributed by atoms with van der Waals surface area (Å²) in [5.74, 6) is 0.0727. The van der Waals surface area contributed by atoms with Gasteiger partial charge in [0.25, 0.3) is 6.43 Å². The third-order valence-electron chi connectivity index (χ3n) is 3.38. The Morgan fingerprint density at radius 3 is 2.54 bits per heavy atom. The van der Waals surface area contributed by atoms with Crippen molar-refractivity contribution in [2.45, 2.75) is 12.2 Å². The molecule has 2 N–H and O–H groups in total. The maximum Gasteiger partial charge on any atom is 0.323 e. The van der Waals surface area contributed by atoms with E-state index >= 15 is 0 Å². The van der Waals surface area contributed by atoms with Gasteiger partial charge in [0.2, 0.25) is 0 Å². The van der Waals surface area contributed by atoms with Gasteiger partial charge in [-0.1, -0.05) is 6.07 Å². The van der Waals surface area contributed by atoms with E-state index in [0.29, 0.717) is 5.56 Å². The monoisotopic (exact) mass is 388 g/mol.